The molecule has 0 amide bonds. The number of hydrogen-bond acceptors (Lipinski definition) is 6. The minimum absolute atomic E-state index is 0.0242. The van der Waals surface area contributed by atoms with Gasteiger partial charge >= 0.3 is 15.5 Å². The van der Waals surface area contributed by atoms with E-state index < -0.39 is 63.3 Å². The molecular weight excluding hydrogens is 598 g/mol. The number of sulfonamides is 2. The van der Waals surface area contributed by atoms with Crippen LogP contribution in [0.3, 0.4) is 0 Å². The van der Waals surface area contributed by atoms with Crippen LogP contribution in [0.5, 0.6) is 0 Å². The highest BCUT2D eigenvalue weighted by Crippen LogP contribution is 2.55. The Morgan fingerprint density at radius 1 is 0.950 bits per heavy atom. The smallest absolute Gasteiger partial charge is 0.333 e. The van der Waals surface area contributed by atoms with Crippen LogP contribution in [-0.2, 0) is 42.7 Å². The number of halogens is 4. The van der Waals surface area contributed by atoms with Crippen LogP contribution in [0.2, 0.25) is 0 Å². The van der Waals surface area contributed by atoms with E-state index in [1.54, 1.807) is 29.0 Å². The van der Waals surface area contributed by atoms with Gasteiger partial charge in [0, 0.05) is 42.6 Å². The van der Waals surface area contributed by atoms with Crippen molar-refractivity contribution in [1.29, 1.82) is 0 Å². The molecule has 2 aromatic carbocycles. The lowest BCUT2D eigenvalue weighted by Crippen LogP contribution is -2.44. The Labute approximate surface area is 228 Å². The fourth-order valence-electron chi connectivity index (χ4n) is 5.50. The highest BCUT2D eigenvalue weighted by atomic mass is 32.2. The summed E-state index contributed by atoms with van der Waals surface area (Å²) in [5, 5.41) is 0.0791. The van der Waals surface area contributed by atoms with Gasteiger partial charge in [0.15, 0.2) is 14.9 Å². The number of sulfone groups is 1. The van der Waals surface area contributed by atoms with Crippen molar-refractivity contribution in [1.82, 2.24) is 13.6 Å². The summed E-state index contributed by atoms with van der Waals surface area (Å²) >= 11 is 0. The minimum Gasteiger partial charge on any atom is -0.333 e. The van der Waals surface area contributed by atoms with Gasteiger partial charge in [-0.15, -0.1) is 0 Å². The molecule has 0 radical (unpaired) electrons. The molecule has 0 bridgehead atoms. The average Bonchev–Trinajstić information content (AvgIpc) is 3.42. The number of hydrogen-bond donors (Lipinski definition) is 1. The molecule has 9 nitrogen and oxygen atoms in total. The van der Waals surface area contributed by atoms with E-state index in [0.29, 0.717) is 10.9 Å². The maximum absolute atomic E-state index is 14.4. The van der Waals surface area contributed by atoms with Gasteiger partial charge < -0.3 is 4.57 Å². The fourth-order valence-corrected chi connectivity index (χ4v) is 9.75. The molecule has 2 fully saturated rings. The van der Waals surface area contributed by atoms with Crippen molar-refractivity contribution in [3.05, 3.63) is 59.9 Å². The van der Waals surface area contributed by atoms with Crippen LogP contribution in [0.1, 0.15) is 24.8 Å². The molecule has 1 N–H and O–H groups in total. The minimum atomic E-state index is -5.53. The molecule has 1 aliphatic heterocycles. The van der Waals surface area contributed by atoms with Crippen molar-refractivity contribution in [2.75, 3.05) is 13.1 Å². The summed E-state index contributed by atoms with van der Waals surface area (Å²) in [7, 11) is -12.7. The molecule has 1 saturated carbocycles. The van der Waals surface area contributed by atoms with Crippen LogP contribution >= 0.6 is 0 Å². The predicted octanol–water partition coefficient (Wildman–Crippen LogP) is 3.27. The van der Waals surface area contributed by atoms with Gasteiger partial charge in [0.25, 0.3) is 10.0 Å². The second-order valence-corrected chi connectivity index (χ2v) is 15.7. The molecule has 1 unspecified atom stereocenters. The molecule has 1 atom stereocenters. The summed E-state index contributed by atoms with van der Waals surface area (Å²) < 4.78 is 134. The number of aryl methyl sites for hydroxylation is 1. The highest BCUT2D eigenvalue weighted by molar-refractivity contribution is 7.91. The van der Waals surface area contributed by atoms with E-state index in [2.05, 4.69) is 0 Å². The van der Waals surface area contributed by atoms with Gasteiger partial charge in [-0.1, -0.05) is 30.3 Å². The van der Waals surface area contributed by atoms with Gasteiger partial charge in [0.05, 0.1) is 5.75 Å². The summed E-state index contributed by atoms with van der Waals surface area (Å²) in [5.41, 5.74) is -5.82. The first-order valence-electron chi connectivity index (χ1n) is 12.1. The number of para-hydroxylation sites is 1. The zero-order valence-electron chi connectivity index (χ0n) is 21.0. The van der Waals surface area contributed by atoms with E-state index >= 15 is 0 Å². The Kier molecular flexibility index (Phi) is 6.89. The number of piperidine rings is 1. The maximum atomic E-state index is 14.4. The van der Waals surface area contributed by atoms with Crippen molar-refractivity contribution < 1.29 is 42.8 Å². The van der Waals surface area contributed by atoms with E-state index in [-0.39, 0.29) is 42.9 Å². The first kappa shape index (κ1) is 29.0. The summed E-state index contributed by atoms with van der Waals surface area (Å²) in [5.74, 6) is -1.75. The van der Waals surface area contributed by atoms with Gasteiger partial charge in [0.2, 0.25) is 0 Å². The second kappa shape index (κ2) is 9.51. The molecule has 218 valence electrons. The number of fused-ring (bicyclic) bond motifs is 1. The van der Waals surface area contributed by atoms with E-state index in [1.807, 2.05) is 0 Å². The van der Waals surface area contributed by atoms with E-state index in [4.69, 9.17) is 0 Å². The maximum Gasteiger partial charge on any atom is 0.511 e. The molecule has 2 heterocycles. The van der Waals surface area contributed by atoms with Gasteiger partial charge in [-0.25, -0.2) is 34.4 Å². The third-order valence-corrected chi connectivity index (χ3v) is 12.7. The van der Waals surface area contributed by atoms with Crippen molar-refractivity contribution in [3.8, 4) is 0 Å². The Morgan fingerprint density at radius 3 is 2.17 bits per heavy atom. The van der Waals surface area contributed by atoms with E-state index in [1.165, 1.54) is 23.7 Å². The molecule has 2 aliphatic rings. The van der Waals surface area contributed by atoms with Crippen LogP contribution in [-0.4, -0.2) is 58.8 Å². The molecule has 1 spiro atoms. The predicted molar refractivity (Wildman–Crippen MR) is 137 cm³/mol. The largest absolute Gasteiger partial charge is 0.511 e. The number of alkyl halides is 3. The van der Waals surface area contributed by atoms with Gasteiger partial charge in [0.1, 0.15) is 10.7 Å². The van der Waals surface area contributed by atoms with E-state index in [9.17, 15) is 42.8 Å². The van der Waals surface area contributed by atoms with Crippen molar-refractivity contribution in [2.45, 2.75) is 46.5 Å². The monoisotopic (exact) mass is 623 g/mol. The zero-order valence-corrected chi connectivity index (χ0v) is 23.5. The quantitative estimate of drug-likeness (QED) is 0.403. The molecule has 5 rings (SSSR count). The molecule has 1 aliphatic carbocycles. The third kappa shape index (κ3) is 4.82. The number of benzene rings is 2. The van der Waals surface area contributed by atoms with Crippen LogP contribution in [0.25, 0.3) is 10.9 Å². The summed E-state index contributed by atoms with van der Waals surface area (Å²) in [6, 6.07) is 10.3. The topological polar surface area (TPSA) is 123 Å². The average molecular weight is 624 g/mol. The molecule has 3 aromatic rings. The highest BCUT2D eigenvalue weighted by Gasteiger charge is 2.60. The molecular formula is C24H25F4N3O6S3. The van der Waals surface area contributed by atoms with Gasteiger partial charge in [-0.2, -0.15) is 17.5 Å². The van der Waals surface area contributed by atoms with Crippen molar-refractivity contribution >= 4 is 40.8 Å². The number of aromatic nitrogens is 1. The number of nitrogens with zero attached hydrogens (tertiary/aromatic N) is 2. The number of nitrogens with one attached hydrogen (secondary N) is 1. The van der Waals surface area contributed by atoms with Gasteiger partial charge in [-0.05, 0) is 42.9 Å². The molecule has 1 aromatic heterocycles. The summed E-state index contributed by atoms with van der Waals surface area (Å²) in [6.45, 7) is -0.207. The first-order valence-corrected chi connectivity index (χ1v) is 16.7. The Balaban J connectivity index is 1.45. The summed E-state index contributed by atoms with van der Waals surface area (Å²) in [4.78, 5) is -0.563. The lowest BCUT2D eigenvalue weighted by molar-refractivity contribution is -0.0449. The van der Waals surface area contributed by atoms with Crippen molar-refractivity contribution in [2.24, 2.45) is 12.5 Å². The lowest BCUT2D eigenvalue weighted by Gasteiger charge is -2.32. The van der Waals surface area contributed by atoms with E-state index in [0.717, 1.165) is 16.4 Å². The Hall–Kier alpha value is -2.53. The second-order valence-electron chi connectivity index (χ2n) is 10.1. The normalized spacial score (nSPS) is 20.3. The van der Waals surface area contributed by atoms with Gasteiger partial charge in [-0.3, -0.25) is 0 Å². The molecule has 16 heteroatoms. The fraction of sp³-hybridized carbons (Fsp3) is 0.417. The number of rotatable bonds is 7. The molecule has 1 saturated heterocycles. The summed E-state index contributed by atoms with van der Waals surface area (Å²) in [6.07, 6.45) is 0.379. The zero-order chi connectivity index (χ0) is 29.3. The van der Waals surface area contributed by atoms with Crippen LogP contribution in [0, 0.1) is 11.2 Å². The molecule has 40 heavy (non-hydrogen) atoms. The Morgan fingerprint density at radius 2 is 1.55 bits per heavy atom. The lowest BCUT2D eigenvalue weighted by atomic mass is 9.94. The Bertz CT molecular complexity index is 1810. The SMILES string of the molecule is Cn1c(S(=O)(=O)N2CCC3(CC2)CC3NS(=O)(=O)C(F)(F)F)c(CS(=O)(=O)c2ccccc2F)c2ccccc21. The first-order chi connectivity index (χ1) is 18.5. The van der Waals surface area contributed by atoms with Crippen LogP contribution in [0.4, 0.5) is 17.6 Å². The standard InChI is InChI=1S/C24H25F4N3O6S3/c1-30-19-8-4-2-6-16(19)17(15-38(32,33)20-9-5-3-7-18(20)25)22(30)39(34,35)31-12-10-23(11-13-31)14-21(23)29-40(36,37)24(26,27)28/h2-9,21,29H,10-15H2,1H3. The van der Waals surface area contributed by atoms with Crippen LogP contribution < -0.4 is 4.72 Å². The van der Waals surface area contributed by atoms with Crippen LogP contribution in [0.15, 0.2) is 58.5 Å². The third-order valence-electron chi connectivity index (χ3n) is 7.75. The van der Waals surface area contributed by atoms with Crippen molar-refractivity contribution in [3.63, 3.8) is 0 Å².